The molecule has 0 spiro atoms. The van der Waals surface area contributed by atoms with E-state index in [0.717, 1.165) is 21.7 Å². The van der Waals surface area contributed by atoms with Gasteiger partial charge in [0.2, 0.25) is 15.9 Å². The van der Waals surface area contributed by atoms with Gasteiger partial charge in [-0.2, -0.15) is 0 Å². The summed E-state index contributed by atoms with van der Waals surface area (Å²) in [7, 11) is -3.51. The Morgan fingerprint density at radius 1 is 1.25 bits per heavy atom. The number of hydrogen-bond acceptors (Lipinski definition) is 5. The summed E-state index contributed by atoms with van der Waals surface area (Å²) in [6, 6.07) is 9.22. The Morgan fingerprint density at radius 2 is 1.92 bits per heavy atom. The molecule has 0 saturated carbocycles. The number of rotatable bonds is 7. The van der Waals surface area contributed by atoms with Crippen LogP contribution in [0.1, 0.15) is 16.9 Å². The first-order chi connectivity index (χ1) is 11.3. The minimum Gasteiger partial charge on any atom is -0.360 e. The number of nitrogens with one attached hydrogen (secondary N) is 1. The van der Waals surface area contributed by atoms with Crippen molar-refractivity contribution in [3.8, 4) is 0 Å². The Morgan fingerprint density at radius 3 is 2.46 bits per heavy atom. The van der Waals surface area contributed by atoms with E-state index in [4.69, 9.17) is 4.52 Å². The average Bonchev–Trinajstić information content (AvgIpc) is 2.91. The Kier molecular flexibility index (Phi) is 5.61. The lowest BCUT2D eigenvalue weighted by molar-refractivity contribution is -0.120. The zero-order chi connectivity index (χ0) is 17.7. The molecule has 0 unspecified atom stereocenters. The van der Waals surface area contributed by atoms with Gasteiger partial charge in [0.1, 0.15) is 5.76 Å². The van der Waals surface area contributed by atoms with Crippen LogP contribution in [0.15, 0.2) is 34.9 Å². The average molecular weight is 351 g/mol. The van der Waals surface area contributed by atoms with Crippen LogP contribution in [-0.4, -0.2) is 38.8 Å². The molecule has 24 heavy (non-hydrogen) atoms. The van der Waals surface area contributed by atoms with E-state index in [2.05, 4.69) is 10.5 Å². The fraction of sp³-hybridized carbons (Fsp3) is 0.375. The standard InChI is InChI=1S/C16H21N3O4S/c1-12-4-6-14(7-5-12)11-16(20)17-8-9-19(24(3,21)22)15-10-13(2)23-18-15/h4-7,10H,8-9,11H2,1-3H3,(H,17,20). The van der Waals surface area contributed by atoms with E-state index in [1.807, 2.05) is 31.2 Å². The molecule has 0 aliphatic rings. The van der Waals surface area contributed by atoms with Crippen LogP contribution in [0.3, 0.4) is 0 Å². The number of anilines is 1. The number of benzene rings is 1. The minimum atomic E-state index is -3.51. The Hall–Kier alpha value is -2.35. The summed E-state index contributed by atoms with van der Waals surface area (Å²) in [5, 5.41) is 6.44. The maximum absolute atomic E-state index is 12.0. The monoisotopic (exact) mass is 351 g/mol. The smallest absolute Gasteiger partial charge is 0.233 e. The lowest BCUT2D eigenvalue weighted by atomic mass is 10.1. The molecule has 1 aromatic carbocycles. The molecule has 0 aliphatic heterocycles. The van der Waals surface area contributed by atoms with Gasteiger partial charge >= 0.3 is 0 Å². The lowest BCUT2D eigenvalue weighted by Crippen LogP contribution is -2.38. The second-order valence-corrected chi connectivity index (χ2v) is 7.55. The van der Waals surface area contributed by atoms with Crippen molar-refractivity contribution in [1.29, 1.82) is 0 Å². The summed E-state index contributed by atoms with van der Waals surface area (Å²) in [6.45, 7) is 3.93. The number of carbonyl (C=O) groups is 1. The van der Waals surface area contributed by atoms with Crippen molar-refractivity contribution in [2.45, 2.75) is 20.3 Å². The number of hydrogen-bond donors (Lipinski definition) is 1. The number of aromatic nitrogens is 1. The molecule has 1 N–H and O–H groups in total. The number of sulfonamides is 1. The Labute approximate surface area is 141 Å². The predicted molar refractivity (Wildman–Crippen MR) is 91.3 cm³/mol. The lowest BCUT2D eigenvalue weighted by Gasteiger charge is -2.19. The van der Waals surface area contributed by atoms with Crippen molar-refractivity contribution >= 4 is 21.7 Å². The van der Waals surface area contributed by atoms with Crippen molar-refractivity contribution < 1.29 is 17.7 Å². The molecular weight excluding hydrogens is 330 g/mol. The molecule has 0 radical (unpaired) electrons. The zero-order valence-corrected chi connectivity index (χ0v) is 14.8. The van der Waals surface area contributed by atoms with E-state index in [0.29, 0.717) is 5.76 Å². The molecule has 0 saturated heterocycles. The molecule has 0 aliphatic carbocycles. The van der Waals surface area contributed by atoms with Crippen molar-refractivity contribution in [1.82, 2.24) is 10.5 Å². The highest BCUT2D eigenvalue weighted by atomic mass is 32.2. The van der Waals surface area contributed by atoms with Gasteiger partial charge in [0.25, 0.3) is 0 Å². The van der Waals surface area contributed by atoms with Crippen LogP contribution in [0.5, 0.6) is 0 Å². The minimum absolute atomic E-state index is 0.0877. The molecule has 0 fully saturated rings. The normalized spacial score (nSPS) is 11.3. The van der Waals surface area contributed by atoms with Crippen LogP contribution in [0.2, 0.25) is 0 Å². The number of aryl methyl sites for hydroxylation is 2. The van der Waals surface area contributed by atoms with E-state index >= 15 is 0 Å². The van der Waals surface area contributed by atoms with Gasteiger partial charge in [0, 0.05) is 12.6 Å². The molecule has 7 nitrogen and oxygen atoms in total. The first kappa shape index (κ1) is 18.0. The maximum atomic E-state index is 12.0. The number of carbonyl (C=O) groups excluding carboxylic acids is 1. The fourth-order valence-electron chi connectivity index (χ4n) is 2.17. The Balaban J connectivity index is 1.90. The summed E-state index contributed by atoms with van der Waals surface area (Å²) in [5.41, 5.74) is 2.04. The summed E-state index contributed by atoms with van der Waals surface area (Å²) in [5.74, 6) is 0.563. The Bertz CT molecular complexity index is 797. The van der Waals surface area contributed by atoms with Gasteiger partial charge in [-0.3, -0.25) is 4.79 Å². The predicted octanol–water partition coefficient (Wildman–Crippen LogP) is 1.42. The topological polar surface area (TPSA) is 92.5 Å². The third kappa shape index (κ3) is 5.09. The number of amides is 1. The first-order valence-electron chi connectivity index (χ1n) is 7.49. The molecule has 1 heterocycles. The second-order valence-electron chi connectivity index (χ2n) is 5.64. The molecule has 2 rings (SSSR count). The van der Waals surface area contributed by atoms with Gasteiger partial charge in [0.05, 0.1) is 19.2 Å². The van der Waals surface area contributed by atoms with Gasteiger partial charge in [-0.1, -0.05) is 35.0 Å². The van der Waals surface area contributed by atoms with Crippen LogP contribution in [0.25, 0.3) is 0 Å². The summed E-state index contributed by atoms with van der Waals surface area (Å²) >= 11 is 0. The van der Waals surface area contributed by atoms with Gasteiger partial charge in [0.15, 0.2) is 5.82 Å². The van der Waals surface area contributed by atoms with Crippen molar-refractivity contribution in [2.24, 2.45) is 0 Å². The highest BCUT2D eigenvalue weighted by Gasteiger charge is 2.20. The van der Waals surface area contributed by atoms with E-state index in [1.54, 1.807) is 6.92 Å². The van der Waals surface area contributed by atoms with Crippen LogP contribution >= 0.6 is 0 Å². The van der Waals surface area contributed by atoms with Crippen molar-refractivity contribution in [2.75, 3.05) is 23.7 Å². The second kappa shape index (κ2) is 7.48. The highest BCUT2D eigenvalue weighted by molar-refractivity contribution is 7.92. The maximum Gasteiger partial charge on any atom is 0.233 e. The molecule has 1 aromatic heterocycles. The van der Waals surface area contributed by atoms with E-state index in [9.17, 15) is 13.2 Å². The quantitative estimate of drug-likeness (QED) is 0.814. The number of nitrogens with zero attached hydrogens (tertiary/aromatic N) is 2. The van der Waals surface area contributed by atoms with Gasteiger partial charge < -0.3 is 9.84 Å². The van der Waals surface area contributed by atoms with Crippen LogP contribution < -0.4 is 9.62 Å². The van der Waals surface area contributed by atoms with E-state index in [1.165, 1.54) is 6.07 Å². The summed E-state index contributed by atoms with van der Waals surface area (Å²) in [6.07, 6.45) is 1.34. The molecule has 8 heteroatoms. The largest absolute Gasteiger partial charge is 0.360 e. The first-order valence-corrected chi connectivity index (χ1v) is 9.34. The molecule has 0 atom stereocenters. The molecular formula is C16H21N3O4S. The summed E-state index contributed by atoms with van der Waals surface area (Å²) < 4.78 is 29.8. The van der Waals surface area contributed by atoms with E-state index < -0.39 is 10.0 Å². The highest BCUT2D eigenvalue weighted by Crippen LogP contribution is 2.16. The molecule has 2 aromatic rings. The van der Waals surface area contributed by atoms with Gasteiger partial charge in [-0.05, 0) is 19.4 Å². The zero-order valence-electron chi connectivity index (χ0n) is 13.9. The molecule has 0 bridgehead atoms. The van der Waals surface area contributed by atoms with E-state index in [-0.39, 0.29) is 31.2 Å². The van der Waals surface area contributed by atoms with Gasteiger partial charge in [-0.25, -0.2) is 12.7 Å². The molecule has 1 amide bonds. The molecule has 130 valence electrons. The van der Waals surface area contributed by atoms with Gasteiger partial charge in [-0.15, -0.1) is 0 Å². The third-order valence-corrected chi connectivity index (χ3v) is 4.56. The van der Waals surface area contributed by atoms with Crippen LogP contribution in [-0.2, 0) is 21.2 Å². The third-order valence-electron chi connectivity index (χ3n) is 3.39. The fourth-order valence-corrected chi connectivity index (χ4v) is 3.02. The van der Waals surface area contributed by atoms with Crippen molar-refractivity contribution in [3.63, 3.8) is 0 Å². The SMILES string of the molecule is Cc1ccc(CC(=O)NCCN(c2cc(C)on2)S(C)(=O)=O)cc1. The van der Waals surface area contributed by atoms with Crippen molar-refractivity contribution in [3.05, 3.63) is 47.2 Å². The van der Waals surface area contributed by atoms with Crippen LogP contribution in [0, 0.1) is 13.8 Å². The van der Waals surface area contributed by atoms with Crippen LogP contribution in [0.4, 0.5) is 5.82 Å². The summed E-state index contributed by atoms with van der Waals surface area (Å²) in [4.78, 5) is 12.0.